The Kier molecular flexibility index (Phi) is 14.3. The molecule has 2 aliphatic rings. The molecule has 0 radical (unpaired) electrons. The van der Waals surface area contributed by atoms with Crippen molar-refractivity contribution in [3.05, 3.63) is 108 Å². The summed E-state index contributed by atoms with van der Waals surface area (Å²) in [6, 6.07) is 18.9. The molecular formula is C45H49N13O3. The van der Waals surface area contributed by atoms with Gasteiger partial charge in [0.25, 0.3) is 0 Å². The van der Waals surface area contributed by atoms with E-state index in [4.69, 9.17) is 21.4 Å². The predicted molar refractivity (Wildman–Crippen MR) is 231 cm³/mol. The molecule has 0 spiro atoms. The smallest absolute Gasteiger partial charge is 0.335 e. The summed E-state index contributed by atoms with van der Waals surface area (Å²) in [4.78, 5) is 41.3. The van der Waals surface area contributed by atoms with Crippen molar-refractivity contribution >= 4 is 35.0 Å². The van der Waals surface area contributed by atoms with Gasteiger partial charge in [0.2, 0.25) is 11.9 Å². The summed E-state index contributed by atoms with van der Waals surface area (Å²) < 4.78 is 3.94. The van der Waals surface area contributed by atoms with Gasteiger partial charge in [0, 0.05) is 47.9 Å². The molecule has 2 saturated carbocycles. The number of carbonyl (C=O) groups excluding carboxylic acids is 1. The average Bonchev–Trinajstić information content (AvgIpc) is 4.23. The van der Waals surface area contributed by atoms with Gasteiger partial charge in [-0.25, -0.2) is 24.7 Å². The summed E-state index contributed by atoms with van der Waals surface area (Å²) in [6.07, 6.45) is 17.4. The molecule has 4 aromatic heterocycles. The number of carboxylic acid groups (broad SMARTS) is 1. The standard InChI is InChI=1S/C23H24N6O.C18H17N5O2.C4H8N2/c1-3-16(11-24)10-21(30)17-4-6-18(7-5-17)22-15(2)12-25-23(28-22)27-19-13-26-29(14-19)20-8-9-20;1-11-8-19-18(21-14-9-20-23(10-14)15-6-7-15)22-16(11)12-2-4-13(5-3-12)17(24)25;1-2-4(6)3-5/h4-7,12-14,16,20H,3,8-10H2,1-2H3,(H,25,27,28);2-5,8-10,15H,6-7H2,1H3,(H,24,25)(H,19,21,22);4H,2,6H2,1H3/t16-;;4-/m1.0/s1. The molecule has 16 nitrogen and oxygen atoms in total. The summed E-state index contributed by atoms with van der Waals surface area (Å²) in [6.45, 7) is 7.69. The van der Waals surface area contributed by atoms with Gasteiger partial charge < -0.3 is 21.5 Å². The number of nitrogens with two attached hydrogens (primary N) is 1. The van der Waals surface area contributed by atoms with Gasteiger partial charge in [-0.3, -0.25) is 14.2 Å². The van der Waals surface area contributed by atoms with Gasteiger partial charge in [-0.15, -0.1) is 0 Å². The Balaban J connectivity index is 0.000000182. The number of nitrogens with zero attached hydrogens (tertiary/aromatic N) is 10. The van der Waals surface area contributed by atoms with Crippen LogP contribution in [0.15, 0.2) is 85.7 Å². The first kappa shape index (κ1) is 43.3. The van der Waals surface area contributed by atoms with E-state index in [0.29, 0.717) is 36.0 Å². The van der Waals surface area contributed by atoms with Crippen LogP contribution in [0.1, 0.15) is 103 Å². The number of aromatic nitrogens is 8. The van der Waals surface area contributed by atoms with E-state index in [1.54, 1.807) is 61.2 Å². The molecule has 2 fully saturated rings. The van der Waals surface area contributed by atoms with Gasteiger partial charge in [-0.1, -0.05) is 50.2 Å². The highest BCUT2D eigenvalue weighted by atomic mass is 16.4. The van der Waals surface area contributed by atoms with E-state index >= 15 is 0 Å². The third kappa shape index (κ3) is 11.9. The first-order chi connectivity index (χ1) is 29.5. The van der Waals surface area contributed by atoms with E-state index in [0.717, 1.165) is 51.4 Å². The van der Waals surface area contributed by atoms with Crippen LogP contribution in [0.25, 0.3) is 22.5 Å². The topological polar surface area (TPSA) is 239 Å². The van der Waals surface area contributed by atoms with Crippen LogP contribution >= 0.6 is 0 Å². The van der Waals surface area contributed by atoms with Crippen molar-refractivity contribution in [2.45, 2.75) is 90.8 Å². The highest BCUT2D eigenvalue weighted by molar-refractivity contribution is 5.96. The highest BCUT2D eigenvalue weighted by Crippen LogP contribution is 2.36. The number of aryl methyl sites for hydroxylation is 2. The van der Waals surface area contributed by atoms with Crippen LogP contribution in [-0.2, 0) is 0 Å². The van der Waals surface area contributed by atoms with E-state index in [1.165, 1.54) is 25.7 Å². The van der Waals surface area contributed by atoms with Gasteiger partial charge >= 0.3 is 5.97 Å². The fourth-order valence-electron chi connectivity index (χ4n) is 6.03. The lowest BCUT2D eigenvalue weighted by Crippen LogP contribution is -2.14. The minimum Gasteiger partial charge on any atom is -0.478 e. The number of nitriles is 2. The maximum Gasteiger partial charge on any atom is 0.335 e. The molecule has 312 valence electrons. The van der Waals surface area contributed by atoms with Crippen molar-refractivity contribution in [3.8, 4) is 34.7 Å². The maximum atomic E-state index is 12.4. The molecule has 0 amide bonds. The molecular weight excluding hydrogens is 771 g/mol. The monoisotopic (exact) mass is 819 g/mol. The Morgan fingerprint density at radius 1 is 0.738 bits per heavy atom. The van der Waals surface area contributed by atoms with Crippen LogP contribution in [0.5, 0.6) is 0 Å². The van der Waals surface area contributed by atoms with Crippen molar-refractivity contribution in [2.24, 2.45) is 11.7 Å². The van der Waals surface area contributed by atoms with Crippen LogP contribution < -0.4 is 16.4 Å². The van der Waals surface area contributed by atoms with E-state index in [1.807, 2.05) is 67.7 Å². The first-order valence-corrected chi connectivity index (χ1v) is 20.3. The third-order valence-electron chi connectivity index (χ3n) is 10.1. The molecule has 5 N–H and O–H groups in total. The molecule has 0 aliphatic heterocycles. The zero-order chi connectivity index (χ0) is 43.5. The SMILES string of the molecule is CC[C@@H](C#N)CC(=O)c1ccc(-c2nc(Nc3cnn(C4CC4)c3)ncc2C)cc1.CC[C@H](N)C#N.Cc1cnc(Nc2cnn(C3CC3)c2)nc1-c1ccc(C(=O)O)cc1. The van der Waals surface area contributed by atoms with Crippen LogP contribution in [-0.4, -0.2) is 62.4 Å². The van der Waals surface area contributed by atoms with Crippen LogP contribution in [0.4, 0.5) is 23.3 Å². The zero-order valence-electron chi connectivity index (χ0n) is 34.7. The van der Waals surface area contributed by atoms with E-state index in [-0.39, 0.29) is 29.7 Å². The van der Waals surface area contributed by atoms with Crippen LogP contribution in [0.2, 0.25) is 0 Å². The zero-order valence-corrected chi connectivity index (χ0v) is 34.7. The third-order valence-corrected chi connectivity index (χ3v) is 10.1. The number of anilines is 4. The molecule has 0 saturated heterocycles. The molecule has 16 heteroatoms. The number of rotatable bonds is 14. The number of Topliss-reactive ketones (excluding diaryl/α,β-unsaturated/α-hetero) is 1. The molecule has 8 rings (SSSR count). The first-order valence-electron chi connectivity index (χ1n) is 20.3. The summed E-state index contributed by atoms with van der Waals surface area (Å²) in [5, 5.41) is 41.2. The fourth-order valence-corrected chi connectivity index (χ4v) is 6.03. The summed E-state index contributed by atoms with van der Waals surface area (Å²) >= 11 is 0. The number of hydrogen-bond acceptors (Lipinski definition) is 13. The summed E-state index contributed by atoms with van der Waals surface area (Å²) in [5.74, 6) is -0.200. The largest absolute Gasteiger partial charge is 0.478 e. The number of nitrogens with one attached hydrogen (secondary N) is 2. The number of carboxylic acids is 1. The summed E-state index contributed by atoms with van der Waals surface area (Å²) in [7, 11) is 0. The second-order valence-electron chi connectivity index (χ2n) is 15.0. The Morgan fingerprint density at radius 3 is 1.56 bits per heavy atom. The lowest BCUT2D eigenvalue weighted by atomic mass is 9.96. The molecule has 61 heavy (non-hydrogen) atoms. The predicted octanol–water partition coefficient (Wildman–Crippen LogP) is 8.52. The summed E-state index contributed by atoms with van der Waals surface area (Å²) in [5.41, 5.74) is 12.9. The Labute approximate surface area is 354 Å². The van der Waals surface area contributed by atoms with E-state index < -0.39 is 5.97 Å². The molecule has 0 unspecified atom stereocenters. The average molecular weight is 820 g/mol. The molecule has 6 aromatic rings. The Bertz CT molecular complexity index is 2530. The molecule has 2 aliphatic carbocycles. The van der Waals surface area contributed by atoms with Gasteiger partial charge in [0.05, 0.1) is 76.9 Å². The lowest BCUT2D eigenvalue weighted by Gasteiger charge is -2.09. The van der Waals surface area contributed by atoms with Crippen molar-refractivity contribution < 1.29 is 14.7 Å². The maximum absolute atomic E-state index is 12.4. The number of aromatic carboxylic acids is 1. The number of benzene rings is 2. The Hall–Kier alpha value is -7.30. The minimum atomic E-state index is -0.944. The van der Waals surface area contributed by atoms with Gasteiger partial charge in [0.15, 0.2) is 5.78 Å². The van der Waals surface area contributed by atoms with Gasteiger partial charge in [-0.2, -0.15) is 20.7 Å². The highest BCUT2D eigenvalue weighted by Gasteiger charge is 2.25. The molecule has 2 aromatic carbocycles. The van der Waals surface area contributed by atoms with Crippen LogP contribution in [0, 0.1) is 42.4 Å². The van der Waals surface area contributed by atoms with Gasteiger partial charge in [-0.05, 0) is 75.6 Å². The second-order valence-corrected chi connectivity index (χ2v) is 15.0. The minimum absolute atomic E-state index is 0.00982. The molecule has 4 heterocycles. The van der Waals surface area contributed by atoms with Gasteiger partial charge in [0.1, 0.15) is 0 Å². The number of carbonyl (C=O) groups is 2. The van der Waals surface area contributed by atoms with Crippen molar-refractivity contribution in [1.29, 1.82) is 10.5 Å². The molecule has 0 bridgehead atoms. The van der Waals surface area contributed by atoms with E-state index in [2.05, 4.69) is 46.8 Å². The lowest BCUT2D eigenvalue weighted by molar-refractivity contribution is 0.0696. The van der Waals surface area contributed by atoms with Crippen molar-refractivity contribution in [1.82, 2.24) is 39.5 Å². The van der Waals surface area contributed by atoms with Crippen molar-refractivity contribution in [2.75, 3.05) is 10.6 Å². The van der Waals surface area contributed by atoms with Crippen LogP contribution in [0.3, 0.4) is 0 Å². The van der Waals surface area contributed by atoms with Crippen molar-refractivity contribution in [3.63, 3.8) is 0 Å². The quantitative estimate of drug-likeness (QED) is 0.0754. The Morgan fingerprint density at radius 2 is 1.20 bits per heavy atom. The number of hydrogen-bond donors (Lipinski definition) is 4. The second kappa shape index (κ2) is 20.1. The normalized spacial score (nSPS) is 13.8. The van der Waals surface area contributed by atoms with E-state index in [9.17, 15) is 9.59 Å². The fraction of sp³-hybridized carbons (Fsp3) is 0.333. The number of ketones is 1. The molecule has 2 atom stereocenters.